The first-order valence-electron chi connectivity index (χ1n) is 7.45. The minimum atomic E-state index is 0.0879. The molecule has 4 nitrogen and oxygen atoms in total. The van der Waals surface area contributed by atoms with Crippen molar-refractivity contribution in [3.05, 3.63) is 35.6 Å². The molecule has 2 heterocycles. The summed E-state index contributed by atoms with van der Waals surface area (Å²) in [5.41, 5.74) is 1.84. The fraction of sp³-hybridized carbons (Fsp3) is 0.438. The molecule has 0 aromatic carbocycles. The molecule has 2 aromatic rings. The van der Waals surface area contributed by atoms with E-state index in [0.717, 1.165) is 29.1 Å². The average molecular weight is 301 g/mol. The van der Waals surface area contributed by atoms with Crippen molar-refractivity contribution in [3.63, 3.8) is 0 Å². The topological polar surface area (TPSA) is 54.9 Å². The lowest BCUT2D eigenvalue weighted by Gasteiger charge is -2.22. The number of hydrogen-bond donors (Lipinski definition) is 1. The molecule has 0 spiro atoms. The van der Waals surface area contributed by atoms with E-state index in [-0.39, 0.29) is 5.91 Å². The van der Waals surface area contributed by atoms with Crippen LogP contribution >= 0.6 is 11.3 Å². The summed E-state index contributed by atoms with van der Waals surface area (Å²) in [5.74, 6) is 0.0879. The standard InChI is InChI=1S/C16H19N3OS/c20-15(18-13-6-2-1-3-7-13)9-14-11-21-16(19-14)12-5-4-8-17-10-12/h4-5,8,10-11,13H,1-3,6-7,9H2,(H,18,20). The van der Waals surface area contributed by atoms with Gasteiger partial charge in [0.1, 0.15) is 5.01 Å². The predicted molar refractivity (Wildman–Crippen MR) is 84.1 cm³/mol. The molecule has 1 aliphatic rings. The van der Waals surface area contributed by atoms with E-state index in [1.165, 1.54) is 19.3 Å². The van der Waals surface area contributed by atoms with Crippen LogP contribution in [0.3, 0.4) is 0 Å². The fourth-order valence-electron chi connectivity index (χ4n) is 2.70. The smallest absolute Gasteiger partial charge is 0.226 e. The Morgan fingerprint density at radius 3 is 2.95 bits per heavy atom. The molecule has 1 aliphatic carbocycles. The summed E-state index contributed by atoms with van der Waals surface area (Å²) in [7, 11) is 0. The quantitative estimate of drug-likeness (QED) is 0.943. The SMILES string of the molecule is O=C(Cc1csc(-c2cccnc2)n1)NC1CCCCC1. The number of aromatic nitrogens is 2. The Kier molecular flexibility index (Phi) is 4.60. The zero-order valence-electron chi connectivity index (χ0n) is 11.9. The van der Waals surface area contributed by atoms with Crippen molar-refractivity contribution >= 4 is 17.2 Å². The first-order valence-corrected chi connectivity index (χ1v) is 8.33. The van der Waals surface area contributed by atoms with Crippen LogP contribution in [0, 0.1) is 0 Å². The van der Waals surface area contributed by atoms with Crippen LogP contribution in [0.5, 0.6) is 0 Å². The second-order valence-corrected chi connectivity index (χ2v) is 6.32. The van der Waals surface area contributed by atoms with Gasteiger partial charge in [-0.05, 0) is 25.0 Å². The number of amides is 1. The van der Waals surface area contributed by atoms with Crippen molar-refractivity contribution < 1.29 is 4.79 Å². The van der Waals surface area contributed by atoms with Gasteiger partial charge in [0, 0.05) is 29.4 Å². The summed E-state index contributed by atoms with van der Waals surface area (Å²) >= 11 is 1.56. The van der Waals surface area contributed by atoms with Crippen LogP contribution in [0.25, 0.3) is 10.6 Å². The van der Waals surface area contributed by atoms with Crippen molar-refractivity contribution in [2.45, 2.75) is 44.6 Å². The summed E-state index contributed by atoms with van der Waals surface area (Å²) < 4.78 is 0. The maximum Gasteiger partial charge on any atom is 0.226 e. The molecule has 3 rings (SSSR count). The number of thiazole rings is 1. The first kappa shape index (κ1) is 14.2. The highest BCUT2D eigenvalue weighted by Crippen LogP contribution is 2.23. The molecule has 110 valence electrons. The lowest BCUT2D eigenvalue weighted by atomic mass is 9.95. The maximum absolute atomic E-state index is 12.1. The van der Waals surface area contributed by atoms with Gasteiger partial charge in [-0.25, -0.2) is 4.98 Å². The molecule has 2 aromatic heterocycles. The predicted octanol–water partition coefficient (Wildman–Crippen LogP) is 3.20. The van der Waals surface area contributed by atoms with Crippen LogP contribution in [0.15, 0.2) is 29.9 Å². The molecule has 21 heavy (non-hydrogen) atoms. The highest BCUT2D eigenvalue weighted by atomic mass is 32.1. The Balaban J connectivity index is 1.58. The highest BCUT2D eigenvalue weighted by molar-refractivity contribution is 7.13. The van der Waals surface area contributed by atoms with Crippen molar-refractivity contribution in [1.82, 2.24) is 15.3 Å². The molecule has 0 aliphatic heterocycles. The Morgan fingerprint density at radius 1 is 1.33 bits per heavy atom. The van der Waals surface area contributed by atoms with Gasteiger partial charge in [0.25, 0.3) is 0 Å². The summed E-state index contributed by atoms with van der Waals surface area (Å²) in [4.78, 5) is 20.7. The van der Waals surface area contributed by atoms with Crippen LogP contribution in [0.4, 0.5) is 0 Å². The van der Waals surface area contributed by atoms with Crippen molar-refractivity contribution in [1.29, 1.82) is 0 Å². The van der Waals surface area contributed by atoms with E-state index in [4.69, 9.17) is 0 Å². The Bertz CT molecular complexity index is 591. The van der Waals surface area contributed by atoms with Gasteiger partial charge in [0.05, 0.1) is 12.1 Å². The molecule has 1 fully saturated rings. The molecule has 0 atom stereocenters. The zero-order chi connectivity index (χ0) is 14.5. The summed E-state index contributed by atoms with van der Waals surface area (Å²) in [6.07, 6.45) is 9.90. The van der Waals surface area contributed by atoms with Gasteiger partial charge in [-0.2, -0.15) is 0 Å². The number of carbonyl (C=O) groups excluding carboxylic acids is 1. The summed E-state index contributed by atoms with van der Waals surface area (Å²) in [6, 6.07) is 4.24. The van der Waals surface area contributed by atoms with Crippen LogP contribution in [0.2, 0.25) is 0 Å². The zero-order valence-corrected chi connectivity index (χ0v) is 12.7. The molecular formula is C16H19N3OS. The molecule has 1 N–H and O–H groups in total. The third kappa shape index (κ3) is 3.88. The van der Waals surface area contributed by atoms with Crippen LogP contribution in [-0.2, 0) is 11.2 Å². The van der Waals surface area contributed by atoms with E-state index in [9.17, 15) is 4.79 Å². The lowest BCUT2D eigenvalue weighted by Crippen LogP contribution is -2.37. The number of pyridine rings is 1. The number of nitrogens with one attached hydrogen (secondary N) is 1. The molecule has 0 bridgehead atoms. The highest BCUT2D eigenvalue weighted by Gasteiger charge is 2.16. The Hall–Kier alpha value is -1.75. The third-order valence-electron chi connectivity index (χ3n) is 3.77. The monoisotopic (exact) mass is 301 g/mol. The van der Waals surface area contributed by atoms with Crippen LogP contribution in [-0.4, -0.2) is 21.9 Å². The van der Waals surface area contributed by atoms with E-state index in [2.05, 4.69) is 15.3 Å². The van der Waals surface area contributed by atoms with Crippen molar-refractivity contribution in [2.24, 2.45) is 0 Å². The van der Waals surface area contributed by atoms with E-state index in [1.54, 1.807) is 23.7 Å². The largest absolute Gasteiger partial charge is 0.353 e. The number of hydrogen-bond acceptors (Lipinski definition) is 4. The van der Waals surface area contributed by atoms with E-state index < -0.39 is 0 Å². The molecule has 1 saturated carbocycles. The van der Waals surface area contributed by atoms with Crippen LogP contribution in [0.1, 0.15) is 37.8 Å². The minimum Gasteiger partial charge on any atom is -0.353 e. The molecule has 5 heteroatoms. The second kappa shape index (κ2) is 6.80. The molecule has 1 amide bonds. The van der Waals surface area contributed by atoms with Gasteiger partial charge in [-0.1, -0.05) is 19.3 Å². The van der Waals surface area contributed by atoms with Gasteiger partial charge in [-0.15, -0.1) is 11.3 Å². The minimum absolute atomic E-state index is 0.0879. The number of carbonyl (C=O) groups is 1. The number of nitrogens with zero attached hydrogens (tertiary/aromatic N) is 2. The first-order chi connectivity index (χ1) is 10.3. The molecular weight excluding hydrogens is 282 g/mol. The van der Waals surface area contributed by atoms with Gasteiger partial charge >= 0.3 is 0 Å². The number of rotatable bonds is 4. The van der Waals surface area contributed by atoms with Crippen LogP contribution < -0.4 is 5.32 Å². The molecule has 0 unspecified atom stereocenters. The van der Waals surface area contributed by atoms with Crippen molar-refractivity contribution in [3.8, 4) is 10.6 Å². The van der Waals surface area contributed by atoms with E-state index in [1.807, 2.05) is 17.5 Å². The molecule has 0 radical (unpaired) electrons. The van der Waals surface area contributed by atoms with Gasteiger partial charge in [-0.3, -0.25) is 9.78 Å². The maximum atomic E-state index is 12.1. The fourth-order valence-corrected chi connectivity index (χ4v) is 3.51. The normalized spacial score (nSPS) is 15.8. The average Bonchev–Trinajstić information content (AvgIpc) is 2.97. The van der Waals surface area contributed by atoms with E-state index in [0.29, 0.717) is 12.5 Å². The molecule has 0 saturated heterocycles. The Labute approximate surface area is 128 Å². The second-order valence-electron chi connectivity index (χ2n) is 5.46. The summed E-state index contributed by atoms with van der Waals surface area (Å²) in [5, 5.41) is 6.01. The van der Waals surface area contributed by atoms with Gasteiger partial charge < -0.3 is 5.32 Å². The lowest BCUT2D eigenvalue weighted by molar-refractivity contribution is -0.121. The third-order valence-corrected chi connectivity index (χ3v) is 4.71. The van der Waals surface area contributed by atoms with Gasteiger partial charge in [0.2, 0.25) is 5.91 Å². The summed E-state index contributed by atoms with van der Waals surface area (Å²) in [6.45, 7) is 0. The van der Waals surface area contributed by atoms with Crippen molar-refractivity contribution in [2.75, 3.05) is 0 Å². The van der Waals surface area contributed by atoms with E-state index >= 15 is 0 Å². The Morgan fingerprint density at radius 2 is 2.19 bits per heavy atom. The van der Waals surface area contributed by atoms with Gasteiger partial charge in [0.15, 0.2) is 0 Å².